The van der Waals surface area contributed by atoms with Crippen molar-refractivity contribution < 1.29 is 4.42 Å². The molecule has 0 saturated carbocycles. The van der Waals surface area contributed by atoms with Gasteiger partial charge in [0.05, 0.1) is 22.4 Å². The molecule has 7 aromatic carbocycles. The van der Waals surface area contributed by atoms with Gasteiger partial charge in [-0.1, -0.05) is 179 Å². The Bertz CT molecular complexity index is 3540. The largest absolute Gasteiger partial charge is 0.455 e. The molecule has 0 bridgehead atoms. The van der Waals surface area contributed by atoms with Gasteiger partial charge < -0.3 is 4.42 Å². The smallest absolute Gasteiger partial charge is 0.144 e. The van der Waals surface area contributed by atoms with Crippen LogP contribution in [0.15, 0.2) is 189 Å². The van der Waals surface area contributed by atoms with Crippen LogP contribution in [0.4, 0.5) is 0 Å². The molecular formula is C58H40N2O. The molecule has 0 unspecified atom stereocenters. The van der Waals surface area contributed by atoms with E-state index >= 15 is 0 Å². The van der Waals surface area contributed by atoms with Crippen LogP contribution >= 0.6 is 0 Å². The molecule has 0 N–H and O–H groups in total. The number of rotatable bonds is 10. The first kappa shape index (κ1) is 37.2. The summed E-state index contributed by atoms with van der Waals surface area (Å²) in [5.74, 6) is 0. The number of hydrogen-bond acceptors (Lipinski definition) is 3. The van der Waals surface area contributed by atoms with Crippen LogP contribution in [0.25, 0.3) is 129 Å². The van der Waals surface area contributed by atoms with Crippen LogP contribution in [0.5, 0.6) is 0 Å². The van der Waals surface area contributed by atoms with Crippen molar-refractivity contribution >= 4 is 95.7 Å². The van der Waals surface area contributed by atoms with E-state index < -0.39 is 0 Å². The van der Waals surface area contributed by atoms with Crippen LogP contribution < -0.4 is 0 Å². The Morgan fingerprint density at radius 3 is 1.93 bits per heavy atom. The van der Waals surface area contributed by atoms with Crippen molar-refractivity contribution in [3.8, 4) is 33.5 Å². The highest BCUT2D eigenvalue weighted by molar-refractivity contribution is 6.24. The van der Waals surface area contributed by atoms with E-state index in [4.69, 9.17) is 14.4 Å². The fourth-order valence-corrected chi connectivity index (χ4v) is 8.95. The van der Waals surface area contributed by atoms with Gasteiger partial charge in [0.15, 0.2) is 0 Å². The van der Waals surface area contributed by atoms with Gasteiger partial charge in [0.2, 0.25) is 0 Å². The monoisotopic (exact) mass is 780 g/mol. The Labute approximate surface area is 354 Å². The Morgan fingerprint density at radius 1 is 0.443 bits per heavy atom. The van der Waals surface area contributed by atoms with Crippen molar-refractivity contribution in [1.82, 2.24) is 9.97 Å². The topological polar surface area (TPSA) is 38.9 Å². The maximum atomic E-state index is 6.57. The molecule has 3 aromatic heterocycles. The molecule has 0 atom stereocenters. The normalized spacial score (nSPS) is 11.8. The second kappa shape index (κ2) is 15.2. The maximum absolute atomic E-state index is 6.57. The minimum absolute atomic E-state index is 0.868. The number of allylic oxidation sites excluding steroid dienone is 4. The lowest BCUT2D eigenvalue weighted by molar-refractivity contribution is 0.673. The van der Waals surface area contributed by atoms with Crippen molar-refractivity contribution in [2.45, 2.75) is 0 Å². The number of hydrogen-bond donors (Lipinski definition) is 0. The van der Waals surface area contributed by atoms with Crippen LogP contribution in [0.1, 0.15) is 27.9 Å². The fraction of sp³-hybridized carbons (Fsp3) is 0. The molecule has 0 amide bonds. The molecule has 0 aliphatic carbocycles. The number of para-hydroxylation sites is 1. The van der Waals surface area contributed by atoms with Gasteiger partial charge in [-0.3, -0.25) is 0 Å². The molecule has 0 radical (unpaired) electrons. The first-order valence-electron chi connectivity index (χ1n) is 20.3. The highest BCUT2D eigenvalue weighted by Gasteiger charge is 2.21. The Balaban J connectivity index is 1.15. The first-order valence-corrected chi connectivity index (χ1v) is 20.3. The summed E-state index contributed by atoms with van der Waals surface area (Å²) in [5, 5.41) is 8.43. The minimum atomic E-state index is 0.868. The fourth-order valence-electron chi connectivity index (χ4n) is 8.95. The third-order valence-corrected chi connectivity index (χ3v) is 11.8. The van der Waals surface area contributed by atoms with Gasteiger partial charge in [0, 0.05) is 48.7 Å². The molecule has 3 nitrogen and oxygen atoms in total. The number of aromatic nitrogens is 2. The van der Waals surface area contributed by atoms with Crippen LogP contribution in [0, 0.1) is 0 Å². The highest BCUT2D eigenvalue weighted by Crippen LogP contribution is 2.44. The molecule has 61 heavy (non-hydrogen) atoms. The molecule has 10 rings (SSSR count). The zero-order chi connectivity index (χ0) is 41.6. The van der Waals surface area contributed by atoms with Crippen LogP contribution in [0.3, 0.4) is 0 Å². The predicted molar refractivity (Wildman–Crippen MR) is 264 cm³/mol. The number of benzene rings is 7. The van der Waals surface area contributed by atoms with Gasteiger partial charge in [-0.25, -0.2) is 9.97 Å². The van der Waals surface area contributed by atoms with Crippen molar-refractivity contribution in [2.75, 3.05) is 0 Å². The summed E-state index contributed by atoms with van der Waals surface area (Å²) in [4.78, 5) is 10.5. The summed E-state index contributed by atoms with van der Waals surface area (Å²) in [6.07, 6.45) is 17.4. The third-order valence-electron chi connectivity index (χ3n) is 11.8. The Hall–Kier alpha value is -8.14. The van der Waals surface area contributed by atoms with Gasteiger partial charge in [0.1, 0.15) is 11.2 Å². The summed E-state index contributed by atoms with van der Waals surface area (Å²) in [5.41, 5.74) is 14.6. The lowest BCUT2D eigenvalue weighted by atomic mass is 9.85. The van der Waals surface area contributed by atoms with Crippen molar-refractivity contribution in [2.24, 2.45) is 0 Å². The van der Waals surface area contributed by atoms with E-state index in [9.17, 15) is 0 Å². The van der Waals surface area contributed by atoms with Crippen molar-refractivity contribution in [1.29, 1.82) is 0 Å². The van der Waals surface area contributed by atoms with Gasteiger partial charge in [-0.2, -0.15) is 0 Å². The summed E-state index contributed by atoms with van der Waals surface area (Å²) >= 11 is 0. The Kier molecular flexibility index (Phi) is 9.27. The minimum Gasteiger partial charge on any atom is -0.455 e. The van der Waals surface area contributed by atoms with E-state index in [-0.39, 0.29) is 0 Å². The summed E-state index contributed by atoms with van der Waals surface area (Å²) in [6.45, 7) is 20.8. The van der Waals surface area contributed by atoms with E-state index in [1.165, 1.54) is 0 Å². The Morgan fingerprint density at radius 2 is 1.16 bits per heavy atom. The molecule has 3 heteroatoms. The average Bonchev–Trinajstić information content (AvgIpc) is 3.70. The van der Waals surface area contributed by atoms with E-state index in [1.807, 2.05) is 66.8 Å². The van der Waals surface area contributed by atoms with Crippen molar-refractivity contribution in [3.05, 3.63) is 213 Å². The highest BCUT2D eigenvalue weighted by atomic mass is 16.3. The van der Waals surface area contributed by atoms with Crippen LogP contribution in [0.2, 0.25) is 0 Å². The van der Waals surface area contributed by atoms with E-state index in [0.29, 0.717) is 0 Å². The van der Waals surface area contributed by atoms with Crippen LogP contribution in [-0.4, -0.2) is 9.97 Å². The maximum Gasteiger partial charge on any atom is 0.144 e. The standard InChI is InChI=1S/C58H40N2O/c1-6-11-12-16-22-50-46-32-31-45-44-21-17-18-23-53(44)61-58(45)55(46)47-30-28-40(34-52(47)59-50)37-24-26-38(27-25-37)48-35-49-54(43(10-5)42(48)9-4)56-41(8-3)36(7-2)29-33-51(56)60-57(49)39-19-14-13-15-20-39/h6-35H,1-5H2/b12-11-,22-16+. The molecule has 0 aliphatic heterocycles. The quantitative estimate of drug-likeness (QED) is 0.102. The van der Waals surface area contributed by atoms with E-state index in [0.717, 1.165) is 127 Å². The molecule has 0 spiro atoms. The van der Waals surface area contributed by atoms with Gasteiger partial charge >= 0.3 is 0 Å². The average molecular weight is 781 g/mol. The van der Waals surface area contributed by atoms with Gasteiger partial charge in [-0.15, -0.1) is 0 Å². The molecule has 288 valence electrons. The van der Waals surface area contributed by atoms with Gasteiger partial charge in [-0.05, 0) is 80.9 Å². The molecule has 10 aromatic rings. The molecule has 3 heterocycles. The van der Waals surface area contributed by atoms with Crippen LogP contribution in [-0.2, 0) is 0 Å². The number of fused-ring (bicyclic) bond motifs is 10. The van der Waals surface area contributed by atoms with Gasteiger partial charge in [0.25, 0.3) is 0 Å². The summed E-state index contributed by atoms with van der Waals surface area (Å²) in [7, 11) is 0. The zero-order valence-electron chi connectivity index (χ0n) is 33.7. The molecule has 0 fully saturated rings. The number of nitrogens with zero attached hydrogens (tertiary/aromatic N) is 2. The summed E-state index contributed by atoms with van der Waals surface area (Å²) in [6, 6.07) is 44.6. The van der Waals surface area contributed by atoms with Crippen molar-refractivity contribution in [3.63, 3.8) is 0 Å². The molecule has 0 aliphatic rings. The lowest BCUT2D eigenvalue weighted by Gasteiger charge is -2.20. The molecular weight excluding hydrogens is 741 g/mol. The second-order valence-electron chi connectivity index (χ2n) is 15.0. The molecule has 0 saturated heterocycles. The third kappa shape index (κ3) is 6.06. The predicted octanol–water partition coefficient (Wildman–Crippen LogP) is 16.3. The summed E-state index contributed by atoms with van der Waals surface area (Å²) < 4.78 is 6.57. The number of furan rings is 1. The zero-order valence-corrected chi connectivity index (χ0v) is 33.7. The first-order chi connectivity index (χ1) is 30.0. The SMILES string of the molecule is C=C/C=C\C=C\c1nc2cc(-c3ccc(-c4cc5c(-c6ccccc6)nc6ccc(C=C)c(C=C)c6c5c(C=C)c4C=C)cc3)ccc2c2c1ccc1c3ccccc3oc12. The lowest BCUT2D eigenvalue weighted by Crippen LogP contribution is -1.98. The van der Waals surface area contributed by atoms with E-state index in [1.54, 1.807) is 6.08 Å². The van der Waals surface area contributed by atoms with E-state index in [2.05, 4.69) is 142 Å². The number of pyridine rings is 2. The second-order valence-corrected chi connectivity index (χ2v) is 15.0.